The molecule has 1 N–H and O–H groups in total. The third-order valence-electron chi connectivity index (χ3n) is 3.74. The van der Waals surface area contributed by atoms with Crippen molar-refractivity contribution in [1.29, 1.82) is 0 Å². The number of rotatable bonds is 0. The third-order valence-corrected chi connectivity index (χ3v) is 3.74. The number of aryl methyl sites for hydroxylation is 2. The predicted molar refractivity (Wildman–Crippen MR) is 64.4 cm³/mol. The first-order valence-electron chi connectivity index (χ1n) is 5.87. The van der Waals surface area contributed by atoms with Gasteiger partial charge in [0.15, 0.2) is 0 Å². The monoisotopic (exact) mass is 199 g/mol. The van der Waals surface area contributed by atoms with Crippen molar-refractivity contribution in [2.45, 2.75) is 39.0 Å². The number of fused-ring (bicyclic) bond motifs is 3. The first kappa shape index (κ1) is 9.02. The van der Waals surface area contributed by atoms with Crippen LogP contribution in [0, 0.1) is 6.92 Å². The molecule has 0 bridgehead atoms. The van der Waals surface area contributed by atoms with Gasteiger partial charge in [-0.1, -0.05) is 25.1 Å². The Labute approximate surface area is 90.5 Å². The lowest BCUT2D eigenvalue weighted by atomic mass is 9.88. The highest BCUT2D eigenvalue weighted by Gasteiger charge is 2.20. The molecule has 0 spiro atoms. The van der Waals surface area contributed by atoms with Gasteiger partial charge >= 0.3 is 0 Å². The van der Waals surface area contributed by atoms with Gasteiger partial charge in [0.05, 0.1) is 0 Å². The highest BCUT2D eigenvalue weighted by atomic mass is 14.7. The van der Waals surface area contributed by atoms with E-state index in [0.717, 1.165) is 0 Å². The zero-order valence-corrected chi connectivity index (χ0v) is 9.43. The van der Waals surface area contributed by atoms with Gasteiger partial charge < -0.3 is 4.98 Å². The van der Waals surface area contributed by atoms with E-state index < -0.39 is 0 Å². The Balaban J connectivity index is 2.35. The molecule has 15 heavy (non-hydrogen) atoms. The molecule has 78 valence electrons. The quantitative estimate of drug-likeness (QED) is 0.662. The van der Waals surface area contributed by atoms with Gasteiger partial charge in [0.25, 0.3) is 0 Å². The van der Waals surface area contributed by atoms with E-state index in [1.165, 1.54) is 41.4 Å². The number of aromatic amines is 1. The molecule has 0 amide bonds. The summed E-state index contributed by atoms with van der Waals surface area (Å²) in [6.45, 7) is 4.53. The fourth-order valence-electron chi connectivity index (χ4n) is 2.86. The molecule has 1 heterocycles. The number of hydrogen-bond donors (Lipinski definition) is 1. The minimum Gasteiger partial charge on any atom is -0.358 e. The molecule has 1 atom stereocenters. The number of nitrogens with one attached hydrogen (secondary N) is 1. The van der Waals surface area contributed by atoms with Crippen LogP contribution in [0.15, 0.2) is 18.2 Å². The average Bonchev–Trinajstić information content (AvgIpc) is 2.60. The molecular weight excluding hydrogens is 182 g/mol. The molecule has 0 fully saturated rings. The van der Waals surface area contributed by atoms with E-state index in [4.69, 9.17) is 0 Å². The van der Waals surface area contributed by atoms with Crippen molar-refractivity contribution in [3.05, 3.63) is 35.0 Å². The van der Waals surface area contributed by atoms with E-state index in [0.29, 0.717) is 5.92 Å². The van der Waals surface area contributed by atoms with Crippen LogP contribution in [-0.4, -0.2) is 4.98 Å². The number of H-pyrrole nitrogens is 1. The molecule has 1 nitrogen and oxygen atoms in total. The second kappa shape index (κ2) is 3.13. The van der Waals surface area contributed by atoms with Crippen LogP contribution >= 0.6 is 0 Å². The summed E-state index contributed by atoms with van der Waals surface area (Å²) in [5, 5.41) is 1.46. The van der Waals surface area contributed by atoms with Gasteiger partial charge in [0.1, 0.15) is 0 Å². The van der Waals surface area contributed by atoms with Crippen molar-refractivity contribution in [3.63, 3.8) is 0 Å². The fraction of sp³-hybridized carbons (Fsp3) is 0.429. The third kappa shape index (κ3) is 1.22. The lowest BCUT2D eigenvalue weighted by molar-refractivity contribution is 0.582. The van der Waals surface area contributed by atoms with Crippen molar-refractivity contribution >= 4 is 10.9 Å². The second-order valence-corrected chi connectivity index (χ2v) is 4.81. The number of hydrogen-bond acceptors (Lipinski definition) is 0. The minimum atomic E-state index is 0.709. The number of para-hydroxylation sites is 1. The van der Waals surface area contributed by atoms with Crippen molar-refractivity contribution < 1.29 is 0 Å². The maximum Gasteiger partial charge on any atom is 0.0488 e. The molecule has 2 aromatic rings. The average molecular weight is 199 g/mol. The SMILES string of the molecule is Cc1cccc2c3c([nH]c12)C(C)CCC3. The highest BCUT2D eigenvalue weighted by Crippen LogP contribution is 2.36. The Morgan fingerprint density at radius 1 is 1.33 bits per heavy atom. The van der Waals surface area contributed by atoms with Crippen LogP contribution in [0.1, 0.15) is 42.5 Å². The number of aromatic nitrogens is 1. The summed E-state index contributed by atoms with van der Waals surface area (Å²) in [4.78, 5) is 3.63. The molecule has 1 aromatic heterocycles. The lowest BCUT2D eigenvalue weighted by Crippen LogP contribution is -2.05. The van der Waals surface area contributed by atoms with Crippen molar-refractivity contribution in [1.82, 2.24) is 4.98 Å². The Morgan fingerprint density at radius 2 is 2.20 bits per heavy atom. The Morgan fingerprint density at radius 3 is 3.07 bits per heavy atom. The minimum absolute atomic E-state index is 0.709. The van der Waals surface area contributed by atoms with E-state index in [1.54, 1.807) is 5.56 Å². The Kier molecular flexibility index (Phi) is 1.88. The molecule has 1 heteroatoms. The summed E-state index contributed by atoms with van der Waals surface area (Å²) < 4.78 is 0. The normalized spacial score (nSPS) is 20.5. The van der Waals surface area contributed by atoms with Crippen LogP contribution in [-0.2, 0) is 6.42 Å². The van der Waals surface area contributed by atoms with Gasteiger partial charge in [-0.3, -0.25) is 0 Å². The van der Waals surface area contributed by atoms with Gasteiger partial charge in [0.2, 0.25) is 0 Å². The smallest absolute Gasteiger partial charge is 0.0488 e. The molecule has 0 saturated heterocycles. The molecule has 1 aliphatic rings. The summed E-state index contributed by atoms with van der Waals surface area (Å²) in [6, 6.07) is 6.62. The maximum absolute atomic E-state index is 3.63. The molecule has 0 saturated carbocycles. The lowest BCUT2D eigenvalue weighted by Gasteiger charge is -2.18. The Hall–Kier alpha value is -1.24. The molecular formula is C14H17N. The largest absolute Gasteiger partial charge is 0.358 e. The standard InChI is InChI=1S/C14H17N/c1-9-5-3-7-11-12-8-4-6-10(2)14(12)15-13(9)11/h3,5,7,10,15H,4,6,8H2,1-2H3. The van der Waals surface area contributed by atoms with Gasteiger partial charge in [-0.25, -0.2) is 0 Å². The molecule has 3 rings (SSSR count). The summed E-state index contributed by atoms with van der Waals surface area (Å²) in [5.41, 5.74) is 5.79. The zero-order chi connectivity index (χ0) is 10.4. The second-order valence-electron chi connectivity index (χ2n) is 4.81. The van der Waals surface area contributed by atoms with Gasteiger partial charge in [-0.15, -0.1) is 0 Å². The van der Waals surface area contributed by atoms with Gasteiger partial charge in [0, 0.05) is 16.6 Å². The first-order valence-corrected chi connectivity index (χ1v) is 5.87. The van der Waals surface area contributed by atoms with E-state index in [1.807, 2.05) is 0 Å². The molecule has 1 unspecified atom stereocenters. The van der Waals surface area contributed by atoms with Crippen LogP contribution in [0.2, 0.25) is 0 Å². The molecule has 1 aliphatic carbocycles. The van der Waals surface area contributed by atoms with E-state index in [-0.39, 0.29) is 0 Å². The summed E-state index contributed by atoms with van der Waals surface area (Å²) in [7, 11) is 0. The van der Waals surface area contributed by atoms with Crippen LogP contribution in [0.4, 0.5) is 0 Å². The van der Waals surface area contributed by atoms with Crippen molar-refractivity contribution in [2.75, 3.05) is 0 Å². The summed E-state index contributed by atoms with van der Waals surface area (Å²) in [6.07, 6.45) is 3.93. The van der Waals surface area contributed by atoms with Crippen LogP contribution in [0.25, 0.3) is 10.9 Å². The molecule has 0 radical (unpaired) electrons. The van der Waals surface area contributed by atoms with E-state index in [2.05, 4.69) is 37.0 Å². The molecule has 1 aromatic carbocycles. The topological polar surface area (TPSA) is 15.8 Å². The predicted octanol–water partition coefficient (Wildman–Crippen LogP) is 3.92. The maximum atomic E-state index is 3.63. The van der Waals surface area contributed by atoms with Crippen LogP contribution in [0.5, 0.6) is 0 Å². The van der Waals surface area contributed by atoms with Gasteiger partial charge in [-0.2, -0.15) is 0 Å². The summed E-state index contributed by atoms with van der Waals surface area (Å²) in [5.74, 6) is 0.709. The number of benzene rings is 1. The summed E-state index contributed by atoms with van der Waals surface area (Å²) >= 11 is 0. The van der Waals surface area contributed by atoms with E-state index >= 15 is 0 Å². The van der Waals surface area contributed by atoms with E-state index in [9.17, 15) is 0 Å². The van der Waals surface area contributed by atoms with Crippen LogP contribution in [0.3, 0.4) is 0 Å². The first-order chi connectivity index (χ1) is 7.27. The van der Waals surface area contributed by atoms with Crippen molar-refractivity contribution in [2.24, 2.45) is 0 Å². The zero-order valence-electron chi connectivity index (χ0n) is 9.43. The highest BCUT2D eigenvalue weighted by molar-refractivity contribution is 5.87. The van der Waals surface area contributed by atoms with Crippen molar-refractivity contribution in [3.8, 4) is 0 Å². The van der Waals surface area contributed by atoms with Crippen LogP contribution < -0.4 is 0 Å². The Bertz CT molecular complexity index is 507. The fourth-order valence-corrected chi connectivity index (χ4v) is 2.86. The van der Waals surface area contributed by atoms with Gasteiger partial charge in [-0.05, 0) is 43.2 Å². The molecule has 0 aliphatic heterocycles.